The molecule has 48 heavy (non-hydrogen) atoms. The Morgan fingerprint density at radius 1 is 1.06 bits per heavy atom. The summed E-state index contributed by atoms with van der Waals surface area (Å²) >= 11 is 7.92. The number of carbonyl (C=O) groups excluding carboxylic acids is 1. The van der Waals surface area contributed by atoms with Gasteiger partial charge in [0, 0.05) is 41.3 Å². The van der Waals surface area contributed by atoms with Crippen molar-refractivity contribution >= 4 is 62.8 Å². The lowest BCUT2D eigenvalue weighted by Crippen LogP contribution is -2.31. The molecule has 1 aliphatic rings. The Morgan fingerprint density at radius 3 is 2.60 bits per heavy atom. The van der Waals surface area contributed by atoms with Crippen LogP contribution in [0.1, 0.15) is 29.2 Å². The number of nitro benzene ring substituents is 1. The van der Waals surface area contributed by atoms with E-state index in [1.54, 1.807) is 47.4 Å². The highest BCUT2D eigenvalue weighted by atomic mass is 35.5. The summed E-state index contributed by atoms with van der Waals surface area (Å²) in [5, 5.41) is 22.4. The predicted octanol–water partition coefficient (Wildman–Crippen LogP) is 8.43. The average Bonchev–Trinajstić information content (AvgIpc) is 3.63. The van der Waals surface area contributed by atoms with Gasteiger partial charge in [0.2, 0.25) is 0 Å². The van der Waals surface area contributed by atoms with E-state index in [0.717, 1.165) is 16.5 Å². The molecular weight excluding hydrogens is 650 g/mol. The van der Waals surface area contributed by atoms with Gasteiger partial charge in [0.05, 0.1) is 38.8 Å². The minimum atomic E-state index is -0.470. The van der Waals surface area contributed by atoms with Gasteiger partial charge >= 0.3 is 0 Å². The molecule has 0 spiro atoms. The molecule has 0 aliphatic carbocycles. The molecular formula is C36H28ClN5O5S. The number of fused-ring (bicyclic) bond motifs is 1. The summed E-state index contributed by atoms with van der Waals surface area (Å²) in [5.74, 6) is 0.500. The van der Waals surface area contributed by atoms with Crippen LogP contribution in [0.2, 0.25) is 5.02 Å². The maximum absolute atomic E-state index is 13.9. The number of non-ortho nitro benzene ring substituents is 1. The van der Waals surface area contributed by atoms with Crippen LogP contribution >= 0.6 is 23.4 Å². The van der Waals surface area contributed by atoms with Crippen LogP contribution in [0, 0.1) is 21.4 Å². The van der Waals surface area contributed by atoms with Crippen molar-refractivity contribution in [1.82, 2.24) is 9.88 Å². The lowest BCUT2D eigenvalue weighted by Gasteiger charge is -2.16. The van der Waals surface area contributed by atoms with Gasteiger partial charge in [-0.3, -0.25) is 19.8 Å². The maximum atomic E-state index is 13.9. The Labute approximate surface area is 285 Å². The summed E-state index contributed by atoms with van der Waals surface area (Å²) in [7, 11) is 0. The summed E-state index contributed by atoms with van der Waals surface area (Å²) < 4.78 is 11.9. The molecule has 1 amide bonds. The van der Waals surface area contributed by atoms with Crippen LogP contribution in [0.25, 0.3) is 17.0 Å². The summed E-state index contributed by atoms with van der Waals surface area (Å²) in [5.41, 5.74) is 4.35. The fraction of sp³-hybridized carbons (Fsp3) is 0.139. The number of ether oxygens (including phenoxy) is 2. The van der Waals surface area contributed by atoms with Gasteiger partial charge in [-0.05, 0) is 78.7 Å². The molecule has 0 radical (unpaired) electrons. The van der Waals surface area contributed by atoms with Crippen LogP contribution in [0.3, 0.4) is 0 Å². The summed E-state index contributed by atoms with van der Waals surface area (Å²) in [6.07, 6.45) is 4.25. The van der Waals surface area contributed by atoms with Crippen LogP contribution in [-0.4, -0.2) is 39.0 Å². The zero-order valence-electron chi connectivity index (χ0n) is 25.7. The number of nitrogens with zero attached hydrogens (tertiary/aromatic N) is 4. The van der Waals surface area contributed by atoms with Gasteiger partial charge in [-0.1, -0.05) is 48.0 Å². The first kappa shape index (κ1) is 32.4. The van der Waals surface area contributed by atoms with Crippen molar-refractivity contribution in [3.8, 4) is 17.6 Å². The number of thioether (sulfide) groups is 1. The van der Waals surface area contributed by atoms with Gasteiger partial charge in [-0.25, -0.2) is 4.99 Å². The number of benzene rings is 4. The van der Waals surface area contributed by atoms with Crippen molar-refractivity contribution in [1.29, 1.82) is 5.26 Å². The number of H-pyrrole nitrogens is 1. The van der Waals surface area contributed by atoms with E-state index >= 15 is 0 Å². The number of aliphatic imine (C=N–C) groups is 1. The van der Waals surface area contributed by atoms with Crippen molar-refractivity contribution in [2.24, 2.45) is 4.99 Å². The number of aromatic amines is 1. The van der Waals surface area contributed by atoms with E-state index in [1.165, 1.54) is 23.9 Å². The normalized spacial score (nSPS) is 14.5. The number of aromatic nitrogens is 1. The number of rotatable bonds is 11. The first-order chi connectivity index (χ1) is 23.3. The van der Waals surface area contributed by atoms with Crippen molar-refractivity contribution in [2.75, 3.05) is 13.2 Å². The molecule has 1 aromatic heterocycles. The second kappa shape index (κ2) is 14.5. The number of nitro groups is 1. The molecule has 0 atom stereocenters. The second-order valence-electron chi connectivity index (χ2n) is 10.7. The van der Waals surface area contributed by atoms with E-state index in [9.17, 15) is 20.2 Å². The number of hydrogen-bond acceptors (Lipinski definition) is 8. The van der Waals surface area contributed by atoms with Crippen molar-refractivity contribution in [3.63, 3.8) is 0 Å². The quantitative estimate of drug-likeness (QED) is 0.0842. The maximum Gasteiger partial charge on any atom is 0.269 e. The minimum absolute atomic E-state index is 0.0467. The number of amides is 1. The zero-order chi connectivity index (χ0) is 33.6. The van der Waals surface area contributed by atoms with Crippen LogP contribution < -0.4 is 9.47 Å². The minimum Gasteiger partial charge on any atom is -0.490 e. The molecule has 0 saturated carbocycles. The number of para-hydroxylation sites is 1. The average molecular weight is 678 g/mol. The molecule has 0 bridgehead atoms. The molecule has 10 nitrogen and oxygen atoms in total. The Balaban J connectivity index is 1.30. The molecule has 5 aromatic rings. The molecule has 12 heteroatoms. The first-order valence-corrected chi connectivity index (χ1v) is 16.2. The van der Waals surface area contributed by atoms with Crippen LogP contribution in [0.15, 0.2) is 101 Å². The fourth-order valence-corrected chi connectivity index (χ4v) is 6.55. The molecule has 1 N–H and O–H groups in total. The van der Waals surface area contributed by atoms with Crippen molar-refractivity contribution < 1.29 is 19.2 Å². The highest BCUT2D eigenvalue weighted by Crippen LogP contribution is 2.40. The molecule has 0 unspecified atom stereocenters. The van der Waals surface area contributed by atoms with Gasteiger partial charge in [0.1, 0.15) is 6.61 Å². The number of carbonyl (C=O) groups is 1. The standard InChI is InChI=1S/C36H28ClN5O5S/c1-2-46-32-18-23(17-30(37)34(32)47-22-26-8-4-3-7-24(26)20-38)19-33-35(43)41(16-15-25-21-39-31-10-6-5-9-29(25)31)36(48-33)40-27-11-13-28(14-12-27)42(44)45/h3-14,17-19,21,39H,2,15-16,22H2,1H3/b33-19-,40-36?. The smallest absolute Gasteiger partial charge is 0.269 e. The SMILES string of the molecule is CCOc1cc(/C=C2\SC(=Nc3ccc([N+](=O)[O-])cc3)N(CCc3c[nH]c4ccccc34)C2=O)cc(Cl)c1OCc1ccccc1C#N. The molecule has 240 valence electrons. The Bertz CT molecular complexity index is 2120. The highest BCUT2D eigenvalue weighted by molar-refractivity contribution is 8.18. The summed E-state index contributed by atoms with van der Waals surface area (Å²) in [6.45, 7) is 2.67. The lowest BCUT2D eigenvalue weighted by molar-refractivity contribution is -0.384. The van der Waals surface area contributed by atoms with E-state index in [2.05, 4.69) is 11.1 Å². The number of nitriles is 1. The molecule has 1 aliphatic heterocycles. The Hall–Kier alpha value is -5.57. The van der Waals surface area contributed by atoms with Crippen molar-refractivity contribution in [3.05, 3.63) is 133 Å². The monoisotopic (exact) mass is 677 g/mol. The van der Waals surface area contributed by atoms with Gasteiger partial charge < -0.3 is 14.5 Å². The van der Waals surface area contributed by atoms with Gasteiger partial charge in [0.15, 0.2) is 16.7 Å². The third kappa shape index (κ3) is 7.05. The Kier molecular flexibility index (Phi) is 9.75. The third-order valence-electron chi connectivity index (χ3n) is 7.59. The Morgan fingerprint density at radius 2 is 1.83 bits per heavy atom. The van der Waals surface area contributed by atoms with Gasteiger partial charge in [-0.2, -0.15) is 5.26 Å². The summed E-state index contributed by atoms with van der Waals surface area (Å²) in [4.78, 5) is 34.6. The van der Waals surface area contributed by atoms with E-state index in [1.807, 2.05) is 49.5 Å². The van der Waals surface area contributed by atoms with E-state index in [4.69, 9.17) is 26.1 Å². The van der Waals surface area contributed by atoms with Crippen LogP contribution in [0.4, 0.5) is 11.4 Å². The molecule has 4 aromatic carbocycles. The first-order valence-electron chi connectivity index (χ1n) is 15.0. The van der Waals surface area contributed by atoms with E-state index < -0.39 is 4.92 Å². The van der Waals surface area contributed by atoms with E-state index in [-0.39, 0.29) is 23.2 Å². The predicted molar refractivity (Wildman–Crippen MR) is 188 cm³/mol. The molecule has 6 rings (SSSR count). The molecule has 1 fully saturated rings. The van der Waals surface area contributed by atoms with Gasteiger partial charge in [-0.15, -0.1) is 0 Å². The topological polar surface area (TPSA) is 134 Å². The largest absolute Gasteiger partial charge is 0.490 e. The summed E-state index contributed by atoms with van der Waals surface area (Å²) in [6, 6.07) is 26.6. The highest BCUT2D eigenvalue weighted by Gasteiger charge is 2.33. The van der Waals surface area contributed by atoms with Gasteiger partial charge in [0.25, 0.3) is 11.6 Å². The van der Waals surface area contributed by atoms with Crippen LogP contribution in [-0.2, 0) is 17.8 Å². The number of halogens is 1. The number of amidine groups is 1. The fourth-order valence-electron chi connectivity index (χ4n) is 5.25. The molecule has 2 heterocycles. The lowest BCUT2D eigenvalue weighted by atomic mass is 10.1. The third-order valence-corrected chi connectivity index (χ3v) is 8.88. The zero-order valence-corrected chi connectivity index (χ0v) is 27.3. The second-order valence-corrected chi connectivity index (χ2v) is 12.1. The number of hydrogen-bond donors (Lipinski definition) is 1. The molecule has 1 saturated heterocycles. The van der Waals surface area contributed by atoms with Crippen LogP contribution in [0.5, 0.6) is 11.5 Å². The van der Waals surface area contributed by atoms with Crippen molar-refractivity contribution in [2.45, 2.75) is 20.0 Å². The number of nitrogens with one attached hydrogen (secondary N) is 1. The van der Waals surface area contributed by atoms with E-state index in [0.29, 0.717) is 63.5 Å².